The van der Waals surface area contributed by atoms with Gasteiger partial charge in [0.1, 0.15) is 11.5 Å². The molecule has 0 saturated heterocycles. The molecule has 0 heterocycles. The molecular weight excluding hydrogens is 563 g/mol. The number of hydrazone groups is 1. The van der Waals surface area contributed by atoms with Crippen molar-refractivity contribution in [1.29, 1.82) is 0 Å². The van der Waals surface area contributed by atoms with E-state index in [4.69, 9.17) is 42.1 Å². The number of carbonyl (C=O) groups is 2. The highest BCUT2D eigenvalue weighted by Crippen LogP contribution is 2.30. The highest BCUT2D eigenvalue weighted by Gasteiger charge is 2.10. The summed E-state index contributed by atoms with van der Waals surface area (Å²) in [6, 6.07) is 16.4. The van der Waals surface area contributed by atoms with Gasteiger partial charge in [0.2, 0.25) is 0 Å². The van der Waals surface area contributed by atoms with Crippen molar-refractivity contribution in [3.05, 3.63) is 80.7 Å². The number of hydrogen-bond acceptors (Lipinski definition) is 7. The Hall–Kier alpha value is -3.27. The van der Waals surface area contributed by atoms with E-state index < -0.39 is 11.9 Å². The molecule has 0 radical (unpaired) electrons. The van der Waals surface area contributed by atoms with Gasteiger partial charge >= 0.3 is 5.97 Å². The summed E-state index contributed by atoms with van der Waals surface area (Å²) in [4.78, 5) is 24.0. The first-order chi connectivity index (χ1) is 16.8. The van der Waals surface area contributed by atoms with Crippen LogP contribution in [0.5, 0.6) is 23.0 Å². The van der Waals surface area contributed by atoms with E-state index in [1.165, 1.54) is 19.4 Å². The predicted molar refractivity (Wildman–Crippen MR) is 136 cm³/mol. The van der Waals surface area contributed by atoms with E-state index in [-0.39, 0.29) is 13.2 Å². The Kier molecular flexibility index (Phi) is 9.77. The molecule has 35 heavy (non-hydrogen) atoms. The minimum Gasteiger partial charge on any atom is -0.493 e. The third-order valence-electron chi connectivity index (χ3n) is 4.24. The summed E-state index contributed by atoms with van der Waals surface area (Å²) in [5.74, 6) is 0.518. The Labute approximate surface area is 219 Å². The van der Waals surface area contributed by atoms with Crippen LogP contribution in [0.1, 0.15) is 5.56 Å². The van der Waals surface area contributed by atoms with Gasteiger partial charge in [-0.15, -0.1) is 0 Å². The molecule has 0 fully saturated rings. The number of methoxy groups -OCH3 is 1. The molecule has 0 atom stereocenters. The van der Waals surface area contributed by atoms with Crippen molar-refractivity contribution in [3.63, 3.8) is 0 Å². The number of rotatable bonds is 10. The van der Waals surface area contributed by atoms with Crippen molar-refractivity contribution >= 4 is 57.2 Å². The zero-order chi connectivity index (χ0) is 25.2. The molecular formula is C24H19BrCl2N2O6. The van der Waals surface area contributed by atoms with Gasteiger partial charge in [0.05, 0.1) is 18.3 Å². The molecule has 3 rings (SSSR count). The number of ether oxygens (including phenoxy) is 4. The van der Waals surface area contributed by atoms with Gasteiger partial charge in [0.25, 0.3) is 5.91 Å². The van der Waals surface area contributed by atoms with E-state index in [9.17, 15) is 9.59 Å². The first kappa shape index (κ1) is 26.3. The van der Waals surface area contributed by atoms with Crippen molar-refractivity contribution in [3.8, 4) is 23.0 Å². The average Bonchev–Trinajstić information content (AvgIpc) is 2.83. The molecule has 3 aromatic carbocycles. The number of halogens is 3. The van der Waals surface area contributed by atoms with E-state index in [0.29, 0.717) is 38.6 Å². The highest BCUT2D eigenvalue weighted by atomic mass is 79.9. The van der Waals surface area contributed by atoms with Gasteiger partial charge in [0, 0.05) is 9.50 Å². The topological polar surface area (TPSA) is 95.5 Å². The second-order valence-corrected chi connectivity index (χ2v) is 8.54. The number of benzene rings is 3. The fourth-order valence-corrected chi connectivity index (χ4v) is 3.43. The number of esters is 1. The first-order valence-corrected chi connectivity index (χ1v) is 11.6. The van der Waals surface area contributed by atoms with Crippen LogP contribution in [0.4, 0.5) is 0 Å². The monoisotopic (exact) mass is 580 g/mol. The maximum absolute atomic E-state index is 12.0. The molecule has 0 aromatic heterocycles. The van der Waals surface area contributed by atoms with Crippen LogP contribution in [0.3, 0.4) is 0 Å². The summed E-state index contributed by atoms with van der Waals surface area (Å²) in [6.45, 7) is -0.571. The molecule has 0 aliphatic rings. The fourth-order valence-electron chi connectivity index (χ4n) is 2.63. The maximum atomic E-state index is 12.0. The summed E-state index contributed by atoms with van der Waals surface area (Å²) >= 11 is 15.2. The molecule has 0 saturated carbocycles. The van der Waals surface area contributed by atoms with Crippen LogP contribution in [0.15, 0.2) is 70.2 Å². The summed E-state index contributed by atoms with van der Waals surface area (Å²) in [5.41, 5.74) is 3.04. The third-order valence-corrected chi connectivity index (χ3v) is 5.26. The Morgan fingerprint density at radius 1 is 0.943 bits per heavy atom. The third kappa shape index (κ3) is 8.47. The van der Waals surface area contributed by atoms with Gasteiger partial charge in [-0.05, 0) is 66.2 Å². The van der Waals surface area contributed by atoms with E-state index in [2.05, 4.69) is 26.5 Å². The number of hydrogen-bond donors (Lipinski definition) is 1. The molecule has 1 amide bonds. The SMILES string of the molecule is COc1cc(Br)ccc1OCC(=O)NN=Cc1ccc(OC(=O)COc2ccc(Cl)cc2Cl)cc1. The lowest BCUT2D eigenvalue weighted by Crippen LogP contribution is -2.24. The van der Waals surface area contributed by atoms with E-state index >= 15 is 0 Å². The minimum atomic E-state index is -0.605. The second kappa shape index (κ2) is 13.0. The normalized spacial score (nSPS) is 10.6. The molecule has 0 aliphatic heterocycles. The molecule has 0 spiro atoms. The number of nitrogens with zero attached hydrogens (tertiary/aromatic N) is 1. The summed E-state index contributed by atoms with van der Waals surface area (Å²) < 4.78 is 22.1. The Morgan fingerprint density at radius 3 is 2.37 bits per heavy atom. The van der Waals surface area contributed by atoms with Gasteiger partial charge in [-0.3, -0.25) is 4.79 Å². The first-order valence-electron chi connectivity index (χ1n) is 10.0. The van der Waals surface area contributed by atoms with Crippen molar-refractivity contribution in [2.24, 2.45) is 5.10 Å². The standard InChI is InChI=1S/C24H19BrCl2N2O6/c1-32-22-10-16(25)4-8-21(22)33-13-23(30)29-28-12-15-2-6-18(7-3-15)35-24(31)14-34-20-9-5-17(26)11-19(20)27/h2-12H,13-14H2,1H3,(H,29,30). The molecule has 11 heteroatoms. The van der Waals surface area contributed by atoms with Gasteiger partial charge in [-0.2, -0.15) is 5.10 Å². The Balaban J connectivity index is 1.42. The van der Waals surface area contributed by atoms with Crippen molar-refractivity contribution in [1.82, 2.24) is 5.43 Å². The Bertz CT molecular complexity index is 1220. The van der Waals surface area contributed by atoms with Gasteiger partial charge in [-0.1, -0.05) is 39.1 Å². The number of nitrogens with one attached hydrogen (secondary N) is 1. The summed E-state index contributed by atoms with van der Waals surface area (Å²) in [6.07, 6.45) is 1.44. The molecule has 8 nitrogen and oxygen atoms in total. The minimum absolute atomic E-state index is 0.243. The number of amides is 1. The molecule has 0 unspecified atom stereocenters. The smallest absolute Gasteiger partial charge is 0.349 e. The highest BCUT2D eigenvalue weighted by molar-refractivity contribution is 9.10. The fraction of sp³-hybridized carbons (Fsp3) is 0.125. The molecule has 3 aromatic rings. The zero-order valence-corrected chi connectivity index (χ0v) is 21.4. The van der Waals surface area contributed by atoms with E-state index in [0.717, 1.165) is 4.47 Å². The van der Waals surface area contributed by atoms with Crippen molar-refractivity contribution < 1.29 is 28.5 Å². The average molecular weight is 582 g/mol. The van der Waals surface area contributed by atoms with Crippen LogP contribution in [-0.4, -0.2) is 38.4 Å². The quantitative estimate of drug-likeness (QED) is 0.151. The molecule has 182 valence electrons. The van der Waals surface area contributed by atoms with Crippen LogP contribution in [0.25, 0.3) is 0 Å². The summed E-state index contributed by atoms with van der Waals surface area (Å²) in [5, 5.41) is 4.64. The van der Waals surface area contributed by atoms with Gasteiger partial charge in [0.15, 0.2) is 24.7 Å². The molecule has 1 N–H and O–H groups in total. The van der Waals surface area contributed by atoms with Crippen LogP contribution in [-0.2, 0) is 9.59 Å². The lowest BCUT2D eigenvalue weighted by atomic mass is 10.2. The lowest BCUT2D eigenvalue weighted by molar-refractivity contribution is -0.136. The zero-order valence-electron chi connectivity index (χ0n) is 18.3. The largest absolute Gasteiger partial charge is 0.493 e. The van der Waals surface area contributed by atoms with Crippen LogP contribution in [0, 0.1) is 0 Å². The maximum Gasteiger partial charge on any atom is 0.349 e. The molecule has 0 aliphatic carbocycles. The second-order valence-electron chi connectivity index (χ2n) is 6.78. The van der Waals surface area contributed by atoms with Crippen LogP contribution in [0.2, 0.25) is 10.0 Å². The van der Waals surface area contributed by atoms with E-state index in [1.807, 2.05) is 0 Å². The summed E-state index contributed by atoms with van der Waals surface area (Å²) in [7, 11) is 1.51. The van der Waals surface area contributed by atoms with E-state index in [1.54, 1.807) is 54.6 Å². The van der Waals surface area contributed by atoms with Gasteiger partial charge < -0.3 is 18.9 Å². The lowest BCUT2D eigenvalue weighted by Gasteiger charge is -2.10. The van der Waals surface area contributed by atoms with Crippen LogP contribution < -0.4 is 24.4 Å². The van der Waals surface area contributed by atoms with Gasteiger partial charge in [-0.25, -0.2) is 10.2 Å². The van der Waals surface area contributed by atoms with Crippen molar-refractivity contribution in [2.75, 3.05) is 20.3 Å². The van der Waals surface area contributed by atoms with Crippen molar-refractivity contribution in [2.45, 2.75) is 0 Å². The predicted octanol–water partition coefficient (Wildman–Crippen LogP) is 5.28. The Morgan fingerprint density at radius 2 is 1.66 bits per heavy atom. The molecule has 0 bridgehead atoms. The number of carbonyl (C=O) groups excluding carboxylic acids is 2. The van der Waals surface area contributed by atoms with Crippen LogP contribution >= 0.6 is 39.1 Å².